The SMILES string of the molecule is Cc1ccc(N=Nc2c(CC(=O)O)nc3c(C)cccn23)cc1Cl. The second-order valence-corrected chi connectivity index (χ2v) is 5.88. The van der Waals surface area contributed by atoms with Gasteiger partial charge in [0.2, 0.25) is 0 Å². The summed E-state index contributed by atoms with van der Waals surface area (Å²) >= 11 is 6.09. The number of aliphatic carboxylic acids is 1. The topological polar surface area (TPSA) is 79.3 Å². The lowest BCUT2D eigenvalue weighted by molar-refractivity contribution is -0.136. The summed E-state index contributed by atoms with van der Waals surface area (Å²) in [5.74, 6) is -0.557. The molecule has 2 heterocycles. The highest BCUT2D eigenvalue weighted by Gasteiger charge is 2.16. The first kappa shape index (κ1) is 16.1. The third-order valence-electron chi connectivity index (χ3n) is 3.62. The number of halogens is 1. The Morgan fingerprint density at radius 3 is 2.75 bits per heavy atom. The van der Waals surface area contributed by atoms with Gasteiger partial charge in [-0.2, -0.15) is 0 Å². The van der Waals surface area contributed by atoms with Crippen molar-refractivity contribution in [2.75, 3.05) is 0 Å². The standard InChI is InChI=1S/C17H15ClN4O2/c1-10-5-6-12(8-13(10)18)20-21-17-14(9-15(23)24)19-16-11(2)4-3-7-22(16)17/h3-8H,9H2,1-2H3,(H,23,24). The van der Waals surface area contributed by atoms with Crippen molar-refractivity contribution in [3.05, 3.63) is 58.4 Å². The van der Waals surface area contributed by atoms with Crippen LogP contribution in [0.25, 0.3) is 5.65 Å². The van der Waals surface area contributed by atoms with Crippen LogP contribution in [0.2, 0.25) is 5.02 Å². The molecule has 7 heteroatoms. The summed E-state index contributed by atoms with van der Waals surface area (Å²) in [6.07, 6.45) is 1.57. The van der Waals surface area contributed by atoms with Crippen LogP contribution < -0.4 is 0 Å². The lowest BCUT2D eigenvalue weighted by Crippen LogP contribution is -2.00. The zero-order valence-corrected chi connectivity index (χ0v) is 13.9. The van der Waals surface area contributed by atoms with Crippen LogP contribution in [0, 0.1) is 13.8 Å². The highest BCUT2D eigenvalue weighted by Crippen LogP contribution is 2.27. The van der Waals surface area contributed by atoms with Gasteiger partial charge in [0.25, 0.3) is 0 Å². The number of pyridine rings is 1. The third-order valence-corrected chi connectivity index (χ3v) is 4.03. The van der Waals surface area contributed by atoms with Gasteiger partial charge in [-0.15, -0.1) is 10.2 Å². The molecule has 0 aliphatic carbocycles. The van der Waals surface area contributed by atoms with Gasteiger partial charge in [-0.1, -0.05) is 23.7 Å². The molecule has 0 amide bonds. The molecule has 2 aromatic heterocycles. The first-order valence-electron chi connectivity index (χ1n) is 7.32. The van der Waals surface area contributed by atoms with Gasteiger partial charge in [0.05, 0.1) is 17.8 Å². The quantitative estimate of drug-likeness (QED) is 0.701. The maximum Gasteiger partial charge on any atom is 0.309 e. The van der Waals surface area contributed by atoms with E-state index in [0.29, 0.717) is 27.9 Å². The molecule has 0 fully saturated rings. The highest BCUT2D eigenvalue weighted by atomic mass is 35.5. The molecule has 0 radical (unpaired) electrons. The molecule has 122 valence electrons. The number of nitrogens with zero attached hydrogens (tertiary/aromatic N) is 4. The smallest absolute Gasteiger partial charge is 0.309 e. The van der Waals surface area contributed by atoms with E-state index in [1.54, 1.807) is 22.7 Å². The maximum atomic E-state index is 11.1. The fourth-order valence-corrected chi connectivity index (χ4v) is 2.53. The Balaban J connectivity index is 2.09. The predicted molar refractivity (Wildman–Crippen MR) is 91.6 cm³/mol. The predicted octanol–water partition coefficient (Wildman–Crippen LogP) is 4.65. The summed E-state index contributed by atoms with van der Waals surface area (Å²) in [5, 5.41) is 18.1. The van der Waals surface area contributed by atoms with Crippen molar-refractivity contribution in [3.63, 3.8) is 0 Å². The van der Waals surface area contributed by atoms with Crippen molar-refractivity contribution >= 4 is 34.7 Å². The minimum Gasteiger partial charge on any atom is -0.481 e. The number of carboxylic acids is 1. The van der Waals surface area contributed by atoms with Crippen molar-refractivity contribution in [2.45, 2.75) is 20.3 Å². The molecule has 0 unspecified atom stereocenters. The Labute approximate surface area is 143 Å². The van der Waals surface area contributed by atoms with Crippen LogP contribution in [-0.4, -0.2) is 20.5 Å². The van der Waals surface area contributed by atoms with Gasteiger partial charge in [-0.05, 0) is 43.2 Å². The van der Waals surface area contributed by atoms with E-state index in [2.05, 4.69) is 15.2 Å². The van der Waals surface area contributed by atoms with E-state index in [0.717, 1.165) is 11.1 Å². The van der Waals surface area contributed by atoms with Crippen LogP contribution in [-0.2, 0) is 11.2 Å². The molecule has 0 aliphatic heterocycles. The van der Waals surface area contributed by atoms with Gasteiger partial charge in [0.15, 0.2) is 5.82 Å². The van der Waals surface area contributed by atoms with Crippen molar-refractivity contribution in [3.8, 4) is 0 Å². The molecule has 0 spiro atoms. The Hall–Kier alpha value is -2.73. The van der Waals surface area contributed by atoms with Crippen molar-refractivity contribution < 1.29 is 9.90 Å². The first-order valence-corrected chi connectivity index (χ1v) is 7.69. The number of fused-ring (bicyclic) bond motifs is 1. The summed E-state index contributed by atoms with van der Waals surface area (Å²) in [6, 6.07) is 9.14. The number of hydrogen-bond acceptors (Lipinski definition) is 4. The molecule has 0 aliphatic rings. The molecule has 3 rings (SSSR count). The van der Waals surface area contributed by atoms with E-state index < -0.39 is 5.97 Å². The van der Waals surface area contributed by atoms with Crippen molar-refractivity contribution in [1.29, 1.82) is 0 Å². The molecule has 3 aromatic rings. The van der Waals surface area contributed by atoms with Gasteiger partial charge < -0.3 is 5.11 Å². The van der Waals surface area contributed by atoms with Crippen LogP contribution in [0.3, 0.4) is 0 Å². The van der Waals surface area contributed by atoms with Gasteiger partial charge in [0, 0.05) is 11.2 Å². The number of hydrogen-bond donors (Lipinski definition) is 1. The van der Waals surface area contributed by atoms with E-state index in [-0.39, 0.29) is 6.42 Å². The monoisotopic (exact) mass is 342 g/mol. The number of rotatable bonds is 4. The molecule has 1 aromatic carbocycles. The van der Waals surface area contributed by atoms with Crippen LogP contribution in [0.1, 0.15) is 16.8 Å². The number of aryl methyl sites for hydroxylation is 2. The molecule has 24 heavy (non-hydrogen) atoms. The number of azo groups is 1. The number of imidazole rings is 1. The summed E-state index contributed by atoms with van der Waals surface area (Å²) in [7, 11) is 0. The zero-order chi connectivity index (χ0) is 17.3. The van der Waals surface area contributed by atoms with Gasteiger partial charge in [-0.3, -0.25) is 9.20 Å². The van der Waals surface area contributed by atoms with Gasteiger partial charge in [-0.25, -0.2) is 4.98 Å². The normalized spacial score (nSPS) is 11.5. The minimum absolute atomic E-state index is 0.218. The Bertz CT molecular complexity index is 963. The second kappa shape index (κ2) is 6.41. The third kappa shape index (κ3) is 3.14. The fourth-order valence-electron chi connectivity index (χ4n) is 2.36. The molecule has 6 nitrogen and oxygen atoms in total. The molecule has 0 saturated carbocycles. The number of carbonyl (C=O) groups is 1. The zero-order valence-electron chi connectivity index (χ0n) is 13.2. The summed E-state index contributed by atoms with van der Waals surface area (Å²) in [4.78, 5) is 15.5. The van der Waals surface area contributed by atoms with Crippen molar-refractivity contribution in [1.82, 2.24) is 9.38 Å². The summed E-state index contributed by atoms with van der Waals surface area (Å²) in [5.41, 5.74) is 3.52. The largest absolute Gasteiger partial charge is 0.481 e. The molecule has 0 atom stereocenters. The summed E-state index contributed by atoms with van der Waals surface area (Å²) in [6.45, 7) is 3.81. The fraction of sp³-hybridized carbons (Fsp3) is 0.176. The van der Waals surface area contributed by atoms with E-state index >= 15 is 0 Å². The molecular weight excluding hydrogens is 328 g/mol. The van der Waals surface area contributed by atoms with Crippen LogP contribution in [0.5, 0.6) is 0 Å². The van der Waals surface area contributed by atoms with Crippen molar-refractivity contribution in [2.24, 2.45) is 10.2 Å². The van der Waals surface area contributed by atoms with Gasteiger partial charge in [0.1, 0.15) is 5.65 Å². The average molecular weight is 343 g/mol. The first-order chi connectivity index (χ1) is 11.5. The van der Waals surface area contributed by atoms with Gasteiger partial charge >= 0.3 is 5.97 Å². The van der Waals surface area contributed by atoms with E-state index in [1.807, 2.05) is 32.0 Å². The Morgan fingerprint density at radius 2 is 2.04 bits per heavy atom. The average Bonchev–Trinajstić information content (AvgIpc) is 2.87. The summed E-state index contributed by atoms with van der Waals surface area (Å²) < 4.78 is 1.74. The maximum absolute atomic E-state index is 11.1. The van der Waals surface area contributed by atoms with Crippen LogP contribution in [0.4, 0.5) is 11.5 Å². The molecular formula is C17H15ClN4O2. The number of benzene rings is 1. The Kier molecular flexibility index (Phi) is 4.31. The van der Waals surface area contributed by atoms with Crippen LogP contribution in [0.15, 0.2) is 46.8 Å². The second-order valence-electron chi connectivity index (χ2n) is 5.47. The van der Waals surface area contributed by atoms with Crippen LogP contribution >= 0.6 is 11.6 Å². The lowest BCUT2D eigenvalue weighted by Gasteiger charge is -2.00. The van der Waals surface area contributed by atoms with E-state index in [9.17, 15) is 4.79 Å². The minimum atomic E-state index is -0.967. The highest BCUT2D eigenvalue weighted by molar-refractivity contribution is 6.31. The Morgan fingerprint density at radius 1 is 1.25 bits per heavy atom. The molecule has 0 saturated heterocycles. The number of carboxylic acid groups (broad SMARTS) is 1. The number of aromatic nitrogens is 2. The molecule has 0 bridgehead atoms. The molecule has 1 N–H and O–H groups in total. The van der Waals surface area contributed by atoms with E-state index in [1.165, 1.54) is 0 Å². The van der Waals surface area contributed by atoms with E-state index in [4.69, 9.17) is 16.7 Å². The lowest BCUT2D eigenvalue weighted by atomic mass is 10.2.